The van der Waals surface area contributed by atoms with Crippen molar-refractivity contribution in [2.75, 3.05) is 0 Å². The van der Waals surface area contributed by atoms with Crippen LogP contribution in [0, 0.1) is 10.1 Å². The molecule has 7 nitrogen and oxygen atoms in total. The number of hydrogen-bond acceptors (Lipinski definition) is 5. The molecule has 24 heavy (non-hydrogen) atoms. The van der Waals surface area contributed by atoms with Crippen LogP contribution in [0.4, 0.5) is 5.69 Å². The lowest BCUT2D eigenvalue weighted by molar-refractivity contribution is -0.384. The van der Waals surface area contributed by atoms with Gasteiger partial charge in [0.05, 0.1) is 11.3 Å². The Bertz CT molecular complexity index is 889. The number of non-ortho nitro benzene ring substituents is 1. The Hall–Kier alpha value is -3.22. The van der Waals surface area contributed by atoms with E-state index in [9.17, 15) is 14.9 Å². The molecule has 2 aromatic heterocycles. The molecule has 0 saturated carbocycles. The highest BCUT2D eigenvalue weighted by Gasteiger charge is 2.16. The summed E-state index contributed by atoms with van der Waals surface area (Å²) in [4.78, 5) is 29.6. The second kappa shape index (κ2) is 6.49. The van der Waals surface area contributed by atoms with Gasteiger partial charge in [0.1, 0.15) is 6.10 Å². The highest BCUT2D eigenvalue weighted by Crippen LogP contribution is 2.25. The van der Waals surface area contributed by atoms with Crippen molar-refractivity contribution in [3.8, 4) is 0 Å². The van der Waals surface area contributed by atoms with Crippen molar-refractivity contribution in [3.05, 3.63) is 70.2 Å². The minimum Gasteiger partial charge on any atom is -0.457 e. The number of aromatic amines is 1. The maximum Gasteiger partial charge on any atom is 0.310 e. The molecule has 1 N–H and O–H groups in total. The first-order chi connectivity index (χ1) is 11.5. The van der Waals surface area contributed by atoms with E-state index in [1.54, 1.807) is 37.6 Å². The molecule has 0 fully saturated rings. The van der Waals surface area contributed by atoms with Crippen LogP contribution in [-0.4, -0.2) is 20.9 Å². The molecule has 0 aliphatic rings. The number of carbonyl (C=O) groups excluding carboxylic acids is 1. The number of esters is 1. The number of H-pyrrole nitrogens is 1. The minimum atomic E-state index is -0.459. The summed E-state index contributed by atoms with van der Waals surface area (Å²) in [6.07, 6.45) is 4.59. The Morgan fingerprint density at radius 1 is 1.42 bits per heavy atom. The van der Waals surface area contributed by atoms with Gasteiger partial charge in [0.15, 0.2) is 0 Å². The normalized spacial score (nSPS) is 12.0. The molecule has 1 atom stereocenters. The van der Waals surface area contributed by atoms with E-state index in [-0.39, 0.29) is 12.1 Å². The molecular weight excluding hydrogens is 310 g/mol. The molecule has 0 saturated heterocycles. The van der Waals surface area contributed by atoms with Crippen molar-refractivity contribution in [1.82, 2.24) is 9.97 Å². The Balaban J connectivity index is 1.76. The molecule has 0 aliphatic carbocycles. The van der Waals surface area contributed by atoms with Crippen molar-refractivity contribution in [1.29, 1.82) is 0 Å². The van der Waals surface area contributed by atoms with Gasteiger partial charge in [-0.15, -0.1) is 0 Å². The molecular formula is C17H15N3O4. The van der Waals surface area contributed by atoms with Crippen LogP contribution in [0.1, 0.15) is 24.2 Å². The van der Waals surface area contributed by atoms with Crippen LogP contribution >= 0.6 is 0 Å². The van der Waals surface area contributed by atoms with Gasteiger partial charge < -0.3 is 9.72 Å². The van der Waals surface area contributed by atoms with E-state index < -0.39 is 17.0 Å². The van der Waals surface area contributed by atoms with E-state index >= 15 is 0 Å². The Labute approximate surface area is 137 Å². The van der Waals surface area contributed by atoms with E-state index in [0.29, 0.717) is 10.9 Å². The number of aromatic nitrogens is 2. The number of fused-ring (bicyclic) bond motifs is 1. The molecule has 0 spiro atoms. The Kier molecular flexibility index (Phi) is 4.24. The van der Waals surface area contributed by atoms with Gasteiger partial charge in [-0.05, 0) is 24.6 Å². The zero-order chi connectivity index (χ0) is 17.1. The molecule has 7 heteroatoms. The molecule has 3 aromatic rings. The Morgan fingerprint density at radius 3 is 2.96 bits per heavy atom. The maximum absolute atomic E-state index is 12.2. The summed E-state index contributed by atoms with van der Waals surface area (Å²) in [6, 6.07) is 8.11. The SMILES string of the molecule is C[C@@H](OC(=O)Cc1c[nH]c2ccc([N+](=O)[O-])cc12)c1cccnc1. The van der Waals surface area contributed by atoms with Gasteiger partial charge in [-0.1, -0.05) is 6.07 Å². The lowest BCUT2D eigenvalue weighted by Crippen LogP contribution is -2.11. The van der Waals surface area contributed by atoms with Crippen molar-refractivity contribution >= 4 is 22.6 Å². The summed E-state index contributed by atoms with van der Waals surface area (Å²) in [6.45, 7) is 1.77. The average Bonchev–Trinajstić information content (AvgIpc) is 2.97. The van der Waals surface area contributed by atoms with E-state index in [4.69, 9.17) is 4.74 Å². The number of nitro benzene ring substituents is 1. The molecule has 1 aromatic carbocycles. The van der Waals surface area contributed by atoms with E-state index in [2.05, 4.69) is 9.97 Å². The van der Waals surface area contributed by atoms with Crippen molar-refractivity contribution in [2.24, 2.45) is 0 Å². The smallest absolute Gasteiger partial charge is 0.310 e. The fourth-order valence-electron chi connectivity index (χ4n) is 2.51. The van der Waals surface area contributed by atoms with Gasteiger partial charge in [-0.3, -0.25) is 19.9 Å². The molecule has 2 heterocycles. The summed E-state index contributed by atoms with van der Waals surface area (Å²) >= 11 is 0. The molecule has 0 bridgehead atoms. The number of carbonyl (C=O) groups is 1. The van der Waals surface area contributed by atoms with Crippen molar-refractivity contribution < 1.29 is 14.5 Å². The number of benzene rings is 1. The lowest BCUT2D eigenvalue weighted by Gasteiger charge is -2.12. The predicted octanol–water partition coefficient (Wildman–Crippen LogP) is 3.32. The highest BCUT2D eigenvalue weighted by molar-refractivity contribution is 5.88. The lowest BCUT2D eigenvalue weighted by atomic mass is 10.1. The zero-order valence-electron chi connectivity index (χ0n) is 12.9. The quantitative estimate of drug-likeness (QED) is 0.441. The topological polar surface area (TPSA) is 98.1 Å². The number of nitrogens with one attached hydrogen (secondary N) is 1. The molecule has 0 radical (unpaired) electrons. The molecule has 0 aliphatic heterocycles. The standard InChI is InChI=1S/C17H15N3O4/c1-11(12-3-2-6-18-9-12)24-17(21)7-13-10-19-16-5-4-14(20(22)23)8-15(13)16/h2-6,8-11,19H,7H2,1H3/t11-/m1/s1. The summed E-state index contributed by atoms with van der Waals surface area (Å²) in [7, 11) is 0. The number of hydrogen-bond donors (Lipinski definition) is 1. The first-order valence-corrected chi connectivity index (χ1v) is 7.38. The van der Waals surface area contributed by atoms with Gasteiger partial charge in [-0.2, -0.15) is 0 Å². The first-order valence-electron chi connectivity index (χ1n) is 7.38. The number of rotatable bonds is 5. The monoisotopic (exact) mass is 325 g/mol. The van der Waals surface area contributed by atoms with Crippen LogP contribution in [0.2, 0.25) is 0 Å². The van der Waals surface area contributed by atoms with E-state index in [1.165, 1.54) is 12.1 Å². The maximum atomic E-state index is 12.2. The van der Waals surface area contributed by atoms with Crippen molar-refractivity contribution in [3.63, 3.8) is 0 Å². The fraction of sp³-hybridized carbons (Fsp3) is 0.176. The number of nitrogens with zero attached hydrogens (tertiary/aromatic N) is 2. The zero-order valence-corrected chi connectivity index (χ0v) is 12.9. The van der Waals surface area contributed by atoms with Crippen LogP contribution < -0.4 is 0 Å². The summed E-state index contributed by atoms with van der Waals surface area (Å²) in [5.74, 6) is -0.404. The summed E-state index contributed by atoms with van der Waals surface area (Å²) in [5.41, 5.74) is 2.20. The first kappa shape index (κ1) is 15.7. The third-order valence-electron chi connectivity index (χ3n) is 3.76. The van der Waals surface area contributed by atoms with E-state index in [1.807, 2.05) is 6.07 Å². The predicted molar refractivity (Wildman–Crippen MR) is 87.4 cm³/mol. The molecule has 3 rings (SSSR count). The second-order valence-electron chi connectivity index (χ2n) is 5.40. The van der Waals surface area contributed by atoms with Gasteiger partial charge in [0, 0.05) is 47.2 Å². The largest absolute Gasteiger partial charge is 0.457 e. The van der Waals surface area contributed by atoms with Crippen LogP contribution in [0.3, 0.4) is 0 Å². The van der Waals surface area contributed by atoms with E-state index in [0.717, 1.165) is 11.1 Å². The van der Waals surface area contributed by atoms with Crippen LogP contribution in [-0.2, 0) is 16.0 Å². The van der Waals surface area contributed by atoms with Gasteiger partial charge in [0.25, 0.3) is 5.69 Å². The molecule has 0 unspecified atom stereocenters. The molecule has 0 amide bonds. The van der Waals surface area contributed by atoms with Gasteiger partial charge in [-0.25, -0.2) is 0 Å². The van der Waals surface area contributed by atoms with Gasteiger partial charge in [0.2, 0.25) is 0 Å². The van der Waals surface area contributed by atoms with Crippen molar-refractivity contribution in [2.45, 2.75) is 19.4 Å². The number of pyridine rings is 1. The second-order valence-corrected chi connectivity index (χ2v) is 5.40. The Morgan fingerprint density at radius 2 is 2.25 bits per heavy atom. The summed E-state index contributed by atoms with van der Waals surface area (Å²) < 4.78 is 5.41. The van der Waals surface area contributed by atoms with Crippen LogP contribution in [0.25, 0.3) is 10.9 Å². The average molecular weight is 325 g/mol. The highest BCUT2D eigenvalue weighted by atomic mass is 16.6. The van der Waals surface area contributed by atoms with Gasteiger partial charge >= 0.3 is 5.97 Å². The summed E-state index contributed by atoms with van der Waals surface area (Å²) in [5, 5.41) is 11.5. The van der Waals surface area contributed by atoms with Crippen LogP contribution in [0.5, 0.6) is 0 Å². The number of nitro groups is 1. The molecule has 122 valence electrons. The number of ether oxygens (including phenoxy) is 1. The third-order valence-corrected chi connectivity index (χ3v) is 3.76. The fourth-order valence-corrected chi connectivity index (χ4v) is 2.51. The van der Waals surface area contributed by atoms with Crippen LogP contribution in [0.15, 0.2) is 48.9 Å². The third kappa shape index (κ3) is 3.24. The minimum absolute atomic E-state index is 0.0135.